The highest BCUT2D eigenvalue weighted by Crippen LogP contribution is 2.24. The number of thiazole rings is 1. The summed E-state index contributed by atoms with van der Waals surface area (Å²) in [5.74, 6) is 0.0150. The van der Waals surface area contributed by atoms with Gasteiger partial charge in [0.15, 0.2) is 9.84 Å². The van der Waals surface area contributed by atoms with E-state index in [4.69, 9.17) is 0 Å². The van der Waals surface area contributed by atoms with E-state index in [0.717, 1.165) is 5.69 Å². The van der Waals surface area contributed by atoms with Gasteiger partial charge in [-0.2, -0.15) is 0 Å². The maximum absolute atomic E-state index is 11.3. The van der Waals surface area contributed by atoms with Crippen molar-refractivity contribution < 1.29 is 13.5 Å². The minimum atomic E-state index is -3.03. The Hall–Kier alpha value is -0.500. The lowest BCUT2D eigenvalue weighted by molar-refractivity contribution is 0.116. The Balaban J connectivity index is 1.99. The molecule has 1 N–H and O–H groups in total. The van der Waals surface area contributed by atoms with E-state index in [2.05, 4.69) is 9.88 Å². The van der Waals surface area contributed by atoms with Crippen molar-refractivity contribution in [3.63, 3.8) is 0 Å². The van der Waals surface area contributed by atoms with Crippen molar-refractivity contribution in [3.05, 3.63) is 16.1 Å². The summed E-state index contributed by atoms with van der Waals surface area (Å²) in [6.45, 7) is 1.51. The summed E-state index contributed by atoms with van der Waals surface area (Å²) in [4.78, 5) is 6.72. The first-order valence-electron chi connectivity index (χ1n) is 7.44. The van der Waals surface area contributed by atoms with Gasteiger partial charge in [-0.15, -0.1) is 11.3 Å². The Morgan fingerprint density at radius 2 is 2.10 bits per heavy atom. The van der Waals surface area contributed by atoms with Gasteiger partial charge in [-0.3, -0.25) is 4.90 Å². The number of rotatable bonds is 7. The molecule has 2 rings (SSSR count). The van der Waals surface area contributed by atoms with Crippen molar-refractivity contribution >= 4 is 21.2 Å². The van der Waals surface area contributed by atoms with Crippen LogP contribution < -0.4 is 0 Å². The number of sulfone groups is 1. The fraction of sp³-hybridized carbons (Fsp3) is 0.786. The Kier molecular flexibility index (Phi) is 6.16. The molecular weight excluding hydrogens is 308 g/mol. The molecule has 0 radical (unpaired) electrons. The van der Waals surface area contributed by atoms with Crippen LogP contribution in [-0.4, -0.2) is 48.9 Å². The molecule has 0 aliphatic heterocycles. The normalized spacial score (nSPS) is 17.5. The Labute approximate surface area is 130 Å². The zero-order chi connectivity index (χ0) is 15.3. The summed E-state index contributed by atoms with van der Waals surface area (Å²) in [6.07, 6.45) is 7.40. The third kappa shape index (κ3) is 5.65. The van der Waals surface area contributed by atoms with Crippen molar-refractivity contribution in [2.24, 2.45) is 0 Å². The molecule has 0 unspecified atom stereocenters. The first-order valence-corrected chi connectivity index (χ1v) is 10.4. The molecule has 1 heterocycles. The minimum Gasteiger partial charge on any atom is -0.395 e. The number of aromatic nitrogens is 1. The third-order valence-electron chi connectivity index (χ3n) is 3.83. The van der Waals surface area contributed by atoms with E-state index in [-0.39, 0.29) is 12.4 Å². The van der Waals surface area contributed by atoms with Crippen molar-refractivity contribution in [2.45, 2.75) is 50.4 Å². The van der Waals surface area contributed by atoms with Crippen LogP contribution in [-0.2, 0) is 22.1 Å². The van der Waals surface area contributed by atoms with E-state index in [1.165, 1.54) is 49.7 Å². The predicted octanol–water partition coefficient (Wildman–Crippen LogP) is 1.81. The maximum atomic E-state index is 11.3. The van der Waals surface area contributed by atoms with Gasteiger partial charge in [0, 0.05) is 30.8 Å². The molecule has 0 bridgehead atoms. The van der Waals surface area contributed by atoms with Crippen LogP contribution >= 0.6 is 11.3 Å². The average molecular weight is 332 g/mol. The molecule has 5 nitrogen and oxygen atoms in total. The SMILES string of the molecule is CS(=O)(=O)Cc1nc(CN(CCO)C2CCCCC2)cs1. The summed E-state index contributed by atoms with van der Waals surface area (Å²) in [7, 11) is -3.03. The van der Waals surface area contributed by atoms with Gasteiger partial charge in [0.2, 0.25) is 0 Å². The van der Waals surface area contributed by atoms with Crippen molar-refractivity contribution in [1.29, 1.82) is 0 Å². The van der Waals surface area contributed by atoms with Gasteiger partial charge in [0.05, 0.1) is 12.3 Å². The van der Waals surface area contributed by atoms with Gasteiger partial charge in [0.25, 0.3) is 0 Å². The molecule has 1 aliphatic carbocycles. The average Bonchev–Trinajstić information content (AvgIpc) is 2.84. The van der Waals surface area contributed by atoms with Crippen LogP contribution in [0.2, 0.25) is 0 Å². The lowest BCUT2D eigenvalue weighted by Crippen LogP contribution is -2.38. The van der Waals surface area contributed by atoms with Gasteiger partial charge in [0.1, 0.15) is 10.8 Å². The zero-order valence-corrected chi connectivity index (χ0v) is 14.1. The van der Waals surface area contributed by atoms with E-state index < -0.39 is 9.84 Å². The minimum absolute atomic E-state index is 0.0150. The highest BCUT2D eigenvalue weighted by atomic mass is 32.2. The Morgan fingerprint density at radius 3 is 2.71 bits per heavy atom. The molecule has 0 saturated heterocycles. The van der Waals surface area contributed by atoms with Crippen LogP contribution in [0.5, 0.6) is 0 Å². The van der Waals surface area contributed by atoms with Crippen molar-refractivity contribution in [1.82, 2.24) is 9.88 Å². The van der Waals surface area contributed by atoms with Gasteiger partial charge in [-0.05, 0) is 12.8 Å². The lowest BCUT2D eigenvalue weighted by atomic mass is 9.94. The van der Waals surface area contributed by atoms with Gasteiger partial charge in [-0.25, -0.2) is 13.4 Å². The van der Waals surface area contributed by atoms with Crippen LogP contribution in [0.15, 0.2) is 5.38 Å². The van der Waals surface area contributed by atoms with Crippen LogP contribution in [0.4, 0.5) is 0 Å². The summed E-state index contributed by atoms with van der Waals surface area (Å²) < 4.78 is 22.6. The lowest BCUT2D eigenvalue weighted by Gasteiger charge is -2.33. The van der Waals surface area contributed by atoms with Crippen LogP contribution in [0.25, 0.3) is 0 Å². The topological polar surface area (TPSA) is 70.5 Å². The maximum Gasteiger partial charge on any atom is 0.153 e. The summed E-state index contributed by atoms with van der Waals surface area (Å²) >= 11 is 1.40. The van der Waals surface area contributed by atoms with Gasteiger partial charge < -0.3 is 5.11 Å². The second kappa shape index (κ2) is 7.67. The molecule has 0 spiro atoms. The smallest absolute Gasteiger partial charge is 0.153 e. The summed E-state index contributed by atoms with van der Waals surface area (Å²) in [6, 6.07) is 0.519. The van der Waals surface area contributed by atoms with Crippen LogP contribution in [0.3, 0.4) is 0 Å². The molecule has 0 atom stereocenters. The van der Waals surface area contributed by atoms with E-state index >= 15 is 0 Å². The molecule has 1 aromatic rings. The van der Waals surface area contributed by atoms with Crippen molar-refractivity contribution in [3.8, 4) is 0 Å². The highest BCUT2D eigenvalue weighted by molar-refractivity contribution is 7.90. The van der Waals surface area contributed by atoms with Crippen molar-refractivity contribution in [2.75, 3.05) is 19.4 Å². The fourth-order valence-electron chi connectivity index (χ4n) is 2.89. The first kappa shape index (κ1) is 16.9. The Bertz CT molecular complexity index is 536. The Morgan fingerprint density at radius 1 is 1.38 bits per heavy atom. The number of nitrogens with zero attached hydrogens (tertiary/aromatic N) is 2. The molecule has 21 heavy (non-hydrogen) atoms. The number of aliphatic hydroxyl groups is 1. The van der Waals surface area contributed by atoms with E-state index in [1.807, 2.05) is 5.38 Å². The quantitative estimate of drug-likeness (QED) is 0.825. The number of hydrogen-bond donors (Lipinski definition) is 1. The molecule has 1 aliphatic rings. The standard InChI is InChI=1S/C14H24N2O3S2/c1-21(18,19)11-14-15-12(10-20-14)9-16(7-8-17)13-5-3-2-4-6-13/h10,13,17H,2-9,11H2,1H3. The fourth-order valence-corrected chi connectivity index (χ4v) is 4.88. The molecule has 120 valence electrons. The molecule has 7 heteroatoms. The number of hydrogen-bond acceptors (Lipinski definition) is 6. The second-order valence-electron chi connectivity index (χ2n) is 5.79. The highest BCUT2D eigenvalue weighted by Gasteiger charge is 2.21. The van der Waals surface area contributed by atoms with Gasteiger partial charge >= 0.3 is 0 Å². The first-order chi connectivity index (χ1) is 9.98. The zero-order valence-electron chi connectivity index (χ0n) is 12.5. The summed E-state index contributed by atoms with van der Waals surface area (Å²) in [5.41, 5.74) is 0.915. The van der Waals surface area contributed by atoms with E-state index in [9.17, 15) is 13.5 Å². The van der Waals surface area contributed by atoms with E-state index in [0.29, 0.717) is 24.1 Å². The molecular formula is C14H24N2O3S2. The largest absolute Gasteiger partial charge is 0.395 e. The third-order valence-corrected chi connectivity index (χ3v) is 5.71. The van der Waals surface area contributed by atoms with E-state index in [1.54, 1.807) is 0 Å². The predicted molar refractivity (Wildman–Crippen MR) is 85.0 cm³/mol. The number of aliphatic hydroxyl groups excluding tert-OH is 1. The molecule has 0 amide bonds. The second-order valence-corrected chi connectivity index (χ2v) is 8.87. The van der Waals surface area contributed by atoms with Crippen LogP contribution in [0.1, 0.15) is 42.8 Å². The molecule has 1 saturated carbocycles. The monoisotopic (exact) mass is 332 g/mol. The van der Waals surface area contributed by atoms with Gasteiger partial charge in [-0.1, -0.05) is 19.3 Å². The summed E-state index contributed by atoms with van der Waals surface area (Å²) in [5, 5.41) is 11.9. The molecule has 1 fully saturated rings. The molecule has 0 aromatic carbocycles. The molecule has 1 aromatic heterocycles. The van der Waals surface area contributed by atoms with Crippen LogP contribution in [0, 0.1) is 0 Å².